The molecule has 3 rings (SSSR count). The van der Waals surface area contributed by atoms with Gasteiger partial charge in [0.25, 0.3) is 0 Å². The van der Waals surface area contributed by atoms with Crippen LogP contribution in [0.25, 0.3) is 5.65 Å². The van der Waals surface area contributed by atoms with Gasteiger partial charge in [-0.2, -0.15) is 5.26 Å². The van der Waals surface area contributed by atoms with Crippen molar-refractivity contribution in [1.29, 1.82) is 5.26 Å². The second kappa shape index (κ2) is 6.64. The molecule has 0 radical (unpaired) electrons. The molecule has 0 saturated heterocycles. The summed E-state index contributed by atoms with van der Waals surface area (Å²) in [5, 5.41) is 9.66. The van der Waals surface area contributed by atoms with Crippen molar-refractivity contribution in [2.45, 2.75) is 59.3 Å². The number of fused-ring (bicyclic) bond motifs is 3. The van der Waals surface area contributed by atoms with Crippen molar-refractivity contribution in [3.8, 4) is 6.07 Å². The van der Waals surface area contributed by atoms with Crippen molar-refractivity contribution in [3.63, 3.8) is 0 Å². The maximum Gasteiger partial charge on any atom is 0.306 e. The number of nitrogens with zero attached hydrogens (tertiary/aromatic N) is 3. The lowest BCUT2D eigenvalue weighted by Gasteiger charge is -2.17. The van der Waals surface area contributed by atoms with E-state index in [2.05, 4.69) is 17.4 Å². The molecule has 0 fully saturated rings. The predicted molar refractivity (Wildman–Crippen MR) is 91.0 cm³/mol. The number of hydrogen-bond acceptors (Lipinski definition) is 4. The minimum absolute atomic E-state index is 0.192. The first kappa shape index (κ1) is 16.5. The molecule has 0 spiro atoms. The van der Waals surface area contributed by atoms with Gasteiger partial charge >= 0.3 is 5.97 Å². The average molecular weight is 325 g/mol. The fourth-order valence-corrected chi connectivity index (χ4v) is 3.76. The van der Waals surface area contributed by atoms with Crippen LogP contribution in [0.4, 0.5) is 0 Å². The van der Waals surface area contributed by atoms with Crippen LogP contribution in [0.5, 0.6) is 0 Å². The van der Waals surface area contributed by atoms with Gasteiger partial charge in [-0.3, -0.25) is 9.20 Å². The molecule has 0 bridgehead atoms. The highest BCUT2D eigenvalue weighted by atomic mass is 16.5. The molecule has 1 aliphatic rings. The number of imidazole rings is 1. The van der Waals surface area contributed by atoms with Crippen LogP contribution in [0.3, 0.4) is 0 Å². The molecule has 2 aromatic rings. The molecule has 5 heteroatoms. The Morgan fingerprint density at radius 3 is 2.79 bits per heavy atom. The Morgan fingerprint density at radius 1 is 1.33 bits per heavy atom. The summed E-state index contributed by atoms with van der Waals surface area (Å²) in [4.78, 5) is 16.5. The molecule has 2 heterocycles. The summed E-state index contributed by atoms with van der Waals surface area (Å²) in [5.41, 5.74) is 6.88. The number of esters is 1. The van der Waals surface area contributed by atoms with E-state index in [9.17, 15) is 10.1 Å². The number of rotatable bonds is 4. The van der Waals surface area contributed by atoms with Crippen LogP contribution >= 0.6 is 0 Å². The van der Waals surface area contributed by atoms with Gasteiger partial charge in [0.2, 0.25) is 0 Å². The lowest BCUT2D eigenvalue weighted by Crippen LogP contribution is -2.11. The quantitative estimate of drug-likeness (QED) is 0.810. The van der Waals surface area contributed by atoms with Crippen LogP contribution in [-0.2, 0) is 28.8 Å². The number of pyridine rings is 1. The second-order valence-corrected chi connectivity index (χ2v) is 6.35. The Morgan fingerprint density at radius 2 is 2.08 bits per heavy atom. The third-order valence-corrected chi connectivity index (χ3v) is 4.95. The molecule has 0 aromatic carbocycles. The van der Waals surface area contributed by atoms with Crippen molar-refractivity contribution < 1.29 is 9.53 Å². The molecule has 0 atom stereocenters. The smallest absolute Gasteiger partial charge is 0.306 e. The van der Waals surface area contributed by atoms with Crippen LogP contribution < -0.4 is 0 Å². The predicted octanol–water partition coefficient (Wildman–Crippen LogP) is 3.20. The van der Waals surface area contributed by atoms with E-state index in [1.165, 1.54) is 5.69 Å². The lowest BCUT2D eigenvalue weighted by molar-refractivity contribution is -0.143. The number of hydrogen-bond donors (Lipinski definition) is 0. The van der Waals surface area contributed by atoms with Crippen molar-refractivity contribution in [1.82, 2.24) is 9.38 Å². The molecular weight excluding hydrogens is 302 g/mol. The number of carbonyl (C=O) groups excluding carboxylic acids is 1. The Hall–Kier alpha value is -2.35. The minimum Gasteiger partial charge on any atom is -0.466 e. The third kappa shape index (κ3) is 2.66. The molecule has 0 N–H and O–H groups in total. The summed E-state index contributed by atoms with van der Waals surface area (Å²) < 4.78 is 7.19. The fourth-order valence-electron chi connectivity index (χ4n) is 3.76. The first-order valence-corrected chi connectivity index (χ1v) is 8.66. The van der Waals surface area contributed by atoms with Crippen LogP contribution in [-0.4, -0.2) is 22.0 Å². The number of ether oxygens (including phenoxy) is 1. The van der Waals surface area contributed by atoms with Crippen molar-refractivity contribution in [3.05, 3.63) is 33.8 Å². The molecular formula is C19H23N3O2. The van der Waals surface area contributed by atoms with Crippen molar-refractivity contribution in [2.75, 3.05) is 6.61 Å². The van der Waals surface area contributed by atoms with Crippen LogP contribution in [0.2, 0.25) is 0 Å². The Balaban J connectivity index is 2.12. The highest BCUT2D eigenvalue weighted by Gasteiger charge is 2.23. The molecule has 2 aromatic heterocycles. The highest BCUT2D eigenvalue weighted by molar-refractivity contribution is 5.70. The number of aryl methyl sites for hydroxylation is 3. The van der Waals surface area contributed by atoms with Gasteiger partial charge in [-0.1, -0.05) is 0 Å². The van der Waals surface area contributed by atoms with Crippen molar-refractivity contribution >= 4 is 11.6 Å². The summed E-state index contributed by atoms with van der Waals surface area (Å²) in [6.07, 6.45) is 5.23. The number of nitriles is 1. The first-order chi connectivity index (χ1) is 11.6. The van der Waals surface area contributed by atoms with E-state index in [0.29, 0.717) is 25.0 Å². The minimum atomic E-state index is -0.192. The van der Waals surface area contributed by atoms with Gasteiger partial charge in [0.1, 0.15) is 6.07 Å². The lowest BCUT2D eigenvalue weighted by atomic mass is 9.97. The third-order valence-electron chi connectivity index (χ3n) is 4.95. The molecule has 126 valence electrons. The highest BCUT2D eigenvalue weighted by Crippen LogP contribution is 2.30. The number of carbonyl (C=O) groups is 1. The van der Waals surface area contributed by atoms with Gasteiger partial charge in [0.05, 0.1) is 17.9 Å². The maximum atomic E-state index is 11.7. The molecule has 0 unspecified atom stereocenters. The Labute approximate surface area is 142 Å². The van der Waals surface area contributed by atoms with Gasteiger partial charge in [-0.05, 0) is 64.0 Å². The SMILES string of the molecule is CCOC(=O)CCc1c(C)c(C#N)c2nc3c(n2c1C)CCCC3. The van der Waals surface area contributed by atoms with Gasteiger partial charge in [0, 0.05) is 17.8 Å². The molecule has 1 aliphatic carbocycles. The normalized spacial score (nSPS) is 13.6. The topological polar surface area (TPSA) is 67.4 Å². The van der Waals surface area contributed by atoms with Gasteiger partial charge in [-0.15, -0.1) is 0 Å². The van der Waals surface area contributed by atoms with Gasteiger partial charge in [-0.25, -0.2) is 4.98 Å². The molecule has 0 saturated carbocycles. The zero-order valence-electron chi connectivity index (χ0n) is 14.6. The summed E-state index contributed by atoms with van der Waals surface area (Å²) in [5.74, 6) is -0.192. The van der Waals surface area contributed by atoms with E-state index in [0.717, 1.165) is 53.8 Å². The Kier molecular flexibility index (Phi) is 4.57. The fraction of sp³-hybridized carbons (Fsp3) is 0.526. The van der Waals surface area contributed by atoms with Crippen LogP contribution in [0.15, 0.2) is 0 Å². The number of aromatic nitrogens is 2. The monoisotopic (exact) mass is 325 g/mol. The van der Waals surface area contributed by atoms with E-state index in [1.807, 2.05) is 13.8 Å². The largest absolute Gasteiger partial charge is 0.466 e. The van der Waals surface area contributed by atoms with Gasteiger partial charge in [0.15, 0.2) is 5.65 Å². The molecule has 24 heavy (non-hydrogen) atoms. The van der Waals surface area contributed by atoms with Crippen LogP contribution in [0, 0.1) is 25.2 Å². The van der Waals surface area contributed by atoms with E-state index in [-0.39, 0.29) is 5.97 Å². The summed E-state index contributed by atoms with van der Waals surface area (Å²) in [7, 11) is 0. The summed E-state index contributed by atoms with van der Waals surface area (Å²) >= 11 is 0. The van der Waals surface area contributed by atoms with Crippen LogP contribution in [0.1, 0.15) is 60.0 Å². The van der Waals surface area contributed by atoms with Gasteiger partial charge < -0.3 is 4.74 Å². The average Bonchev–Trinajstić information content (AvgIpc) is 2.94. The molecule has 5 nitrogen and oxygen atoms in total. The first-order valence-electron chi connectivity index (χ1n) is 8.66. The second-order valence-electron chi connectivity index (χ2n) is 6.35. The summed E-state index contributed by atoms with van der Waals surface area (Å²) in [6.45, 7) is 6.23. The molecule has 0 aliphatic heterocycles. The van der Waals surface area contributed by atoms with E-state index < -0.39 is 0 Å². The molecule has 0 amide bonds. The van der Waals surface area contributed by atoms with E-state index >= 15 is 0 Å². The standard InChI is InChI=1S/C19H23N3O2/c1-4-24-18(23)10-9-14-12(2)15(11-20)19-21-16-7-5-6-8-17(16)22(19)13(14)3/h4-10H2,1-3H3. The maximum absolute atomic E-state index is 11.7. The zero-order chi connectivity index (χ0) is 17.3. The van der Waals surface area contributed by atoms with E-state index in [4.69, 9.17) is 9.72 Å². The summed E-state index contributed by atoms with van der Waals surface area (Å²) in [6, 6.07) is 2.33. The Bertz CT molecular complexity index is 843. The zero-order valence-corrected chi connectivity index (χ0v) is 14.6. The van der Waals surface area contributed by atoms with E-state index in [1.54, 1.807) is 0 Å². The van der Waals surface area contributed by atoms with Crippen molar-refractivity contribution in [2.24, 2.45) is 0 Å².